The molecule has 2 aliphatic heterocycles. The fourth-order valence-corrected chi connectivity index (χ4v) is 5.09. The summed E-state index contributed by atoms with van der Waals surface area (Å²) in [6.45, 7) is 7.84. The monoisotopic (exact) mass is 495 g/mol. The van der Waals surface area contributed by atoms with Crippen molar-refractivity contribution in [3.05, 3.63) is 65.0 Å². The van der Waals surface area contributed by atoms with Crippen LogP contribution in [0.15, 0.2) is 42.5 Å². The number of benzene rings is 2. The molecule has 0 N–H and O–H groups in total. The first kappa shape index (κ1) is 25.7. The van der Waals surface area contributed by atoms with Crippen LogP contribution in [0.5, 0.6) is 5.75 Å². The second-order valence-corrected chi connectivity index (χ2v) is 9.35. The third kappa shape index (κ3) is 5.37. The van der Waals surface area contributed by atoms with E-state index < -0.39 is 12.1 Å². The molecule has 4 rings (SSSR count). The lowest BCUT2D eigenvalue weighted by molar-refractivity contribution is -0.143. The molecule has 2 atom stereocenters. The Labute approximate surface area is 211 Å². The number of carbonyl (C=O) groups is 3. The molecule has 0 bridgehead atoms. The van der Waals surface area contributed by atoms with Gasteiger partial charge in [0.1, 0.15) is 11.6 Å². The number of piperazine rings is 1. The Hall–Kier alpha value is -3.42. The molecule has 1 saturated heterocycles. The highest BCUT2D eigenvalue weighted by Gasteiger charge is 2.33. The summed E-state index contributed by atoms with van der Waals surface area (Å²) in [5.41, 5.74) is 2.68. The number of halogens is 1. The van der Waals surface area contributed by atoms with Crippen LogP contribution in [0.2, 0.25) is 0 Å². The Morgan fingerprint density at radius 3 is 2.36 bits per heavy atom. The predicted octanol–water partition coefficient (Wildman–Crippen LogP) is 3.56. The molecular weight excluding hydrogens is 461 g/mol. The van der Waals surface area contributed by atoms with Gasteiger partial charge in [-0.15, -0.1) is 0 Å². The average Bonchev–Trinajstić information content (AvgIpc) is 2.90. The standard InChI is InChI=1S/C28H34FN3O4/c1-4-25(28(35)31-15-13-30(14-16-31)19(3)33)36-23-10-9-20-11-12-32(26(34)5-2)27(24(20)18-23)21-7-6-8-22(29)17-21/h6-10,17-18,25,27H,4-5,11-16H2,1-3H3/t25-,27-/m1/s1. The molecule has 0 aliphatic carbocycles. The van der Waals surface area contributed by atoms with Gasteiger partial charge in [0.2, 0.25) is 11.8 Å². The van der Waals surface area contributed by atoms with Crippen LogP contribution < -0.4 is 4.74 Å². The summed E-state index contributed by atoms with van der Waals surface area (Å²) in [6, 6.07) is 11.7. The van der Waals surface area contributed by atoms with Gasteiger partial charge in [-0.05, 0) is 53.8 Å². The summed E-state index contributed by atoms with van der Waals surface area (Å²) in [6.07, 6.45) is 0.901. The molecule has 2 aromatic carbocycles. The molecule has 0 spiro atoms. The van der Waals surface area contributed by atoms with Crippen molar-refractivity contribution in [1.29, 1.82) is 0 Å². The number of rotatable bonds is 6. The van der Waals surface area contributed by atoms with Gasteiger partial charge in [-0.3, -0.25) is 14.4 Å². The molecule has 7 nitrogen and oxygen atoms in total. The Balaban J connectivity index is 1.59. The Bertz CT molecular complexity index is 1130. The highest BCUT2D eigenvalue weighted by Crippen LogP contribution is 2.38. The van der Waals surface area contributed by atoms with E-state index in [4.69, 9.17) is 4.74 Å². The SMILES string of the molecule is CCC(=O)N1CCc2ccc(O[C@H](CC)C(=O)N3CCN(C(C)=O)CC3)cc2[C@H]1c1cccc(F)c1. The largest absolute Gasteiger partial charge is 0.481 e. The number of hydrogen-bond donors (Lipinski definition) is 0. The molecule has 0 saturated carbocycles. The molecule has 0 radical (unpaired) electrons. The number of amides is 3. The molecule has 2 aromatic rings. The van der Waals surface area contributed by atoms with Crippen LogP contribution in [0, 0.1) is 5.82 Å². The van der Waals surface area contributed by atoms with E-state index in [0.717, 1.165) is 11.1 Å². The van der Waals surface area contributed by atoms with E-state index in [9.17, 15) is 18.8 Å². The number of hydrogen-bond acceptors (Lipinski definition) is 4. The molecule has 0 aromatic heterocycles. The van der Waals surface area contributed by atoms with Gasteiger partial charge >= 0.3 is 0 Å². The molecule has 192 valence electrons. The second kappa shape index (κ2) is 11.1. The molecule has 0 unspecified atom stereocenters. The van der Waals surface area contributed by atoms with E-state index in [0.29, 0.717) is 63.3 Å². The van der Waals surface area contributed by atoms with Crippen molar-refractivity contribution in [2.24, 2.45) is 0 Å². The highest BCUT2D eigenvalue weighted by atomic mass is 19.1. The van der Waals surface area contributed by atoms with E-state index >= 15 is 0 Å². The van der Waals surface area contributed by atoms with Gasteiger partial charge in [-0.25, -0.2) is 4.39 Å². The first-order chi connectivity index (χ1) is 17.3. The Kier molecular flexibility index (Phi) is 7.91. The zero-order valence-corrected chi connectivity index (χ0v) is 21.2. The molecule has 3 amide bonds. The lowest BCUT2D eigenvalue weighted by Gasteiger charge is -2.38. The smallest absolute Gasteiger partial charge is 0.263 e. The van der Waals surface area contributed by atoms with E-state index in [1.54, 1.807) is 20.8 Å². The van der Waals surface area contributed by atoms with Gasteiger partial charge in [-0.2, -0.15) is 0 Å². The second-order valence-electron chi connectivity index (χ2n) is 9.35. The van der Waals surface area contributed by atoms with Crippen molar-refractivity contribution < 1.29 is 23.5 Å². The minimum atomic E-state index is -0.656. The first-order valence-corrected chi connectivity index (χ1v) is 12.7. The van der Waals surface area contributed by atoms with Crippen molar-refractivity contribution in [3.8, 4) is 5.75 Å². The maximum Gasteiger partial charge on any atom is 0.263 e. The van der Waals surface area contributed by atoms with Gasteiger partial charge in [0.25, 0.3) is 5.91 Å². The fraction of sp³-hybridized carbons (Fsp3) is 0.464. The summed E-state index contributed by atoms with van der Waals surface area (Å²) in [7, 11) is 0. The van der Waals surface area contributed by atoms with Crippen molar-refractivity contribution >= 4 is 17.7 Å². The fourth-order valence-electron chi connectivity index (χ4n) is 5.09. The minimum Gasteiger partial charge on any atom is -0.481 e. The van der Waals surface area contributed by atoms with Crippen LogP contribution in [0.3, 0.4) is 0 Å². The number of ether oxygens (including phenoxy) is 1. The number of nitrogens with zero attached hydrogens (tertiary/aromatic N) is 3. The topological polar surface area (TPSA) is 70.2 Å². The van der Waals surface area contributed by atoms with Crippen LogP contribution >= 0.6 is 0 Å². The molecule has 2 aliphatic rings. The van der Waals surface area contributed by atoms with Crippen LogP contribution in [0.4, 0.5) is 4.39 Å². The Morgan fingerprint density at radius 2 is 1.72 bits per heavy atom. The van der Waals surface area contributed by atoms with E-state index in [2.05, 4.69) is 0 Å². The predicted molar refractivity (Wildman–Crippen MR) is 134 cm³/mol. The van der Waals surface area contributed by atoms with Crippen LogP contribution in [0.1, 0.15) is 56.3 Å². The van der Waals surface area contributed by atoms with Gasteiger partial charge in [0, 0.05) is 46.1 Å². The van der Waals surface area contributed by atoms with Crippen molar-refractivity contribution in [2.45, 2.75) is 52.2 Å². The maximum atomic E-state index is 14.1. The zero-order chi connectivity index (χ0) is 25.8. The summed E-state index contributed by atoms with van der Waals surface area (Å²) in [5, 5.41) is 0. The number of carbonyl (C=O) groups excluding carboxylic acids is 3. The van der Waals surface area contributed by atoms with Crippen molar-refractivity contribution in [3.63, 3.8) is 0 Å². The molecular formula is C28H34FN3O4. The van der Waals surface area contributed by atoms with Crippen LogP contribution in [-0.4, -0.2) is 71.2 Å². The summed E-state index contributed by atoms with van der Waals surface area (Å²) >= 11 is 0. The number of fused-ring (bicyclic) bond motifs is 1. The molecule has 36 heavy (non-hydrogen) atoms. The molecule has 8 heteroatoms. The van der Waals surface area contributed by atoms with Crippen molar-refractivity contribution in [2.75, 3.05) is 32.7 Å². The summed E-state index contributed by atoms with van der Waals surface area (Å²) in [4.78, 5) is 42.9. The summed E-state index contributed by atoms with van der Waals surface area (Å²) < 4.78 is 20.3. The van der Waals surface area contributed by atoms with Gasteiger partial charge < -0.3 is 19.4 Å². The van der Waals surface area contributed by atoms with E-state index in [1.165, 1.54) is 19.1 Å². The lowest BCUT2D eigenvalue weighted by Crippen LogP contribution is -2.53. The maximum absolute atomic E-state index is 14.1. The van der Waals surface area contributed by atoms with E-state index in [-0.39, 0.29) is 23.5 Å². The van der Waals surface area contributed by atoms with Gasteiger partial charge in [-0.1, -0.05) is 32.0 Å². The molecule has 2 heterocycles. The minimum absolute atomic E-state index is 0.00699. The van der Waals surface area contributed by atoms with Gasteiger partial charge in [0.15, 0.2) is 6.10 Å². The molecule has 1 fully saturated rings. The highest BCUT2D eigenvalue weighted by molar-refractivity contribution is 5.82. The first-order valence-electron chi connectivity index (χ1n) is 12.7. The summed E-state index contributed by atoms with van der Waals surface area (Å²) in [5.74, 6) is 0.124. The zero-order valence-electron chi connectivity index (χ0n) is 21.2. The average molecular weight is 496 g/mol. The van der Waals surface area contributed by atoms with Crippen LogP contribution in [-0.2, 0) is 20.8 Å². The quantitative estimate of drug-likeness (QED) is 0.615. The lowest BCUT2D eigenvalue weighted by atomic mass is 9.87. The normalized spacial score (nSPS) is 18.4. The van der Waals surface area contributed by atoms with Gasteiger partial charge in [0.05, 0.1) is 6.04 Å². The van der Waals surface area contributed by atoms with Crippen LogP contribution in [0.25, 0.3) is 0 Å². The van der Waals surface area contributed by atoms with E-state index in [1.807, 2.05) is 38.1 Å². The van der Waals surface area contributed by atoms with Crippen molar-refractivity contribution in [1.82, 2.24) is 14.7 Å². The third-order valence-corrected chi connectivity index (χ3v) is 7.09. The third-order valence-electron chi connectivity index (χ3n) is 7.09. The Morgan fingerprint density at radius 1 is 1.00 bits per heavy atom.